The number of anilines is 2. The van der Waals surface area contributed by atoms with Gasteiger partial charge in [-0.05, 0) is 31.2 Å². The summed E-state index contributed by atoms with van der Waals surface area (Å²) in [4.78, 5) is 25.1. The summed E-state index contributed by atoms with van der Waals surface area (Å²) in [6.07, 6.45) is 0.254. The molecule has 114 valence electrons. The molecule has 1 aromatic rings. The fraction of sp³-hybridized carbons (Fsp3) is 0.467. The SMILES string of the molecule is CCN(CCO)c1ccc(NC(=O)C2CNC(=O)C2)cc1. The quantitative estimate of drug-likeness (QED) is 0.716. The largest absolute Gasteiger partial charge is 0.395 e. The Morgan fingerprint density at radius 1 is 1.43 bits per heavy atom. The van der Waals surface area contributed by atoms with Crippen molar-refractivity contribution >= 4 is 23.2 Å². The van der Waals surface area contributed by atoms with Crippen LogP contribution in [0, 0.1) is 5.92 Å². The lowest BCUT2D eigenvalue weighted by atomic mass is 10.1. The Labute approximate surface area is 124 Å². The minimum absolute atomic E-state index is 0.0758. The Morgan fingerprint density at radius 3 is 2.67 bits per heavy atom. The molecule has 6 nitrogen and oxygen atoms in total. The van der Waals surface area contributed by atoms with E-state index in [-0.39, 0.29) is 30.8 Å². The van der Waals surface area contributed by atoms with E-state index in [4.69, 9.17) is 5.11 Å². The Hall–Kier alpha value is -2.08. The molecule has 2 rings (SSSR count). The van der Waals surface area contributed by atoms with E-state index < -0.39 is 0 Å². The summed E-state index contributed by atoms with van der Waals surface area (Å²) < 4.78 is 0. The molecule has 1 aromatic carbocycles. The maximum absolute atomic E-state index is 12.0. The van der Waals surface area contributed by atoms with Crippen LogP contribution in [0.25, 0.3) is 0 Å². The van der Waals surface area contributed by atoms with Crippen molar-refractivity contribution < 1.29 is 14.7 Å². The van der Waals surface area contributed by atoms with Gasteiger partial charge < -0.3 is 20.6 Å². The standard InChI is InChI=1S/C15H21N3O3/c1-2-18(7-8-19)13-5-3-12(4-6-13)17-15(21)11-9-14(20)16-10-11/h3-6,11,19H,2,7-10H2,1H3,(H,16,20)(H,17,21). The molecular formula is C15H21N3O3. The Bertz CT molecular complexity index is 501. The third kappa shape index (κ3) is 3.95. The molecule has 0 aliphatic carbocycles. The average molecular weight is 291 g/mol. The predicted molar refractivity (Wildman–Crippen MR) is 81.2 cm³/mol. The summed E-state index contributed by atoms with van der Waals surface area (Å²) in [5.74, 6) is -0.504. The van der Waals surface area contributed by atoms with Crippen molar-refractivity contribution in [1.29, 1.82) is 0 Å². The zero-order chi connectivity index (χ0) is 15.2. The number of benzene rings is 1. The van der Waals surface area contributed by atoms with Crippen LogP contribution >= 0.6 is 0 Å². The molecule has 1 aliphatic heterocycles. The Kier molecular flexibility index (Phi) is 5.16. The minimum Gasteiger partial charge on any atom is -0.395 e. The Balaban J connectivity index is 1.95. The number of carbonyl (C=O) groups excluding carboxylic acids is 2. The summed E-state index contributed by atoms with van der Waals surface area (Å²) in [5, 5.41) is 14.5. The van der Waals surface area contributed by atoms with E-state index in [0.717, 1.165) is 12.2 Å². The zero-order valence-electron chi connectivity index (χ0n) is 12.1. The van der Waals surface area contributed by atoms with Gasteiger partial charge in [-0.1, -0.05) is 0 Å². The third-order valence-corrected chi connectivity index (χ3v) is 3.60. The summed E-state index contributed by atoms with van der Waals surface area (Å²) in [6, 6.07) is 7.48. The van der Waals surface area contributed by atoms with Crippen LogP contribution in [-0.4, -0.2) is 43.2 Å². The highest BCUT2D eigenvalue weighted by molar-refractivity contribution is 5.97. The number of hydrogen-bond donors (Lipinski definition) is 3. The van der Waals surface area contributed by atoms with Gasteiger partial charge in [0.15, 0.2) is 0 Å². The fourth-order valence-electron chi connectivity index (χ4n) is 2.38. The number of amides is 2. The molecule has 1 unspecified atom stereocenters. The van der Waals surface area contributed by atoms with Gasteiger partial charge in [-0.3, -0.25) is 9.59 Å². The third-order valence-electron chi connectivity index (χ3n) is 3.60. The van der Waals surface area contributed by atoms with Gasteiger partial charge in [-0.2, -0.15) is 0 Å². The number of nitrogens with one attached hydrogen (secondary N) is 2. The number of carbonyl (C=O) groups is 2. The van der Waals surface area contributed by atoms with E-state index in [1.54, 1.807) is 0 Å². The van der Waals surface area contributed by atoms with Gasteiger partial charge in [-0.25, -0.2) is 0 Å². The van der Waals surface area contributed by atoms with Crippen LogP contribution in [0.3, 0.4) is 0 Å². The molecule has 0 aromatic heterocycles. The van der Waals surface area contributed by atoms with Gasteiger partial charge in [0, 0.05) is 37.4 Å². The molecule has 0 radical (unpaired) electrons. The first-order chi connectivity index (χ1) is 10.1. The van der Waals surface area contributed by atoms with E-state index in [1.165, 1.54) is 0 Å². The number of hydrogen-bond acceptors (Lipinski definition) is 4. The van der Waals surface area contributed by atoms with E-state index in [0.29, 0.717) is 18.8 Å². The fourth-order valence-corrected chi connectivity index (χ4v) is 2.38. The molecule has 0 saturated carbocycles. The molecule has 0 spiro atoms. The van der Waals surface area contributed by atoms with Crippen molar-refractivity contribution in [2.75, 3.05) is 36.5 Å². The second-order valence-electron chi connectivity index (χ2n) is 5.04. The molecule has 6 heteroatoms. The van der Waals surface area contributed by atoms with Gasteiger partial charge >= 0.3 is 0 Å². The van der Waals surface area contributed by atoms with E-state index >= 15 is 0 Å². The molecule has 1 aliphatic rings. The molecule has 3 N–H and O–H groups in total. The highest BCUT2D eigenvalue weighted by Gasteiger charge is 2.27. The molecule has 0 bridgehead atoms. The molecule has 1 heterocycles. The van der Waals surface area contributed by atoms with Crippen LogP contribution in [0.1, 0.15) is 13.3 Å². The predicted octanol–water partition coefficient (Wildman–Crippen LogP) is 0.580. The molecule has 1 fully saturated rings. The first kappa shape index (κ1) is 15.3. The van der Waals surface area contributed by atoms with Gasteiger partial charge in [0.2, 0.25) is 11.8 Å². The molecule has 21 heavy (non-hydrogen) atoms. The van der Waals surface area contributed by atoms with Gasteiger partial charge in [0.25, 0.3) is 0 Å². The lowest BCUT2D eigenvalue weighted by Gasteiger charge is -2.22. The lowest BCUT2D eigenvalue weighted by molar-refractivity contribution is -0.123. The van der Waals surface area contributed by atoms with Crippen molar-refractivity contribution in [3.8, 4) is 0 Å². The van der Waals surface area contributed by atoms with Gasteiger partial charge in [0.1, 0.15) is 0 Å². The number of aliphatic hydroxyl groups is 1. The monoisotopic (exact) mass is 291 g/mol. The van der Waals surface area contributed by atoms with E-state index in [1.807, 2.05) is 36.1 Å². The minimum atomic E-state index is -0.293. The van der Waals surface area contributed by atoms with Crippen molar-refractivity contribution in [3.05, 3.63) is 24.3 Å². The van der Waals surface area contributed by atoms with Crippen LogP contribution < -0.4 is 15.5 Å². The van der Waals surface area contributed by atoms with Crippen molar-refractivity contribution in [3.63, 3.8) is 0 Å². The van der Waals surface area contributed by atoms with Crippen LogP contribution in [0.5, 0.6) is 0 Å². The van der Waals surface area contributed by atoms with Crippen LogP contribution in [0.4, 0.5) is 11.4 Å². The average Bonchev–Trinajstić information content (AvgIpc) is 2.92. The molecule has 1 atom stereocenters. The second kappa shape index (κ2) is 7.08. The molecular weight excluding hydrogens is 270 g/mol. The highest BCUT2D eigenvalue weighted by atomic mass is 16.3. The van der Waals surface area contributed by atoms with Gasteiger partial charge in [-0.15, -0.1) is 0 Å². The molecule has 2 amide bonds. The summed E-state index contributed by atoms with van der Waals surface area (Å²) in [6.45, 7) is 3.92. The van der Waals surface area contributed by atoms with Gasteiger partial charge in [0.05, 0.1) is 12.5 Å². The number of likely N-dealkylation sites (N-methyl/N-ethyl adjacent to an activating group) is 1. The lowest BCUT2D eigenvalue weighted by Crippen LogP contribution is -2.26. The van der Waals surface area contributed by atoms with E-state index in [2.05, 4.69) is 10.6 Å². The van der Waals surface area contributed by atoms with Crippen molar-refractivity contribution in [1.82, 2.24) is 5.32 Å². The second-order valence-corrected chi connectivity index (χ2v) is 5.04. The van der Waals surface area contributed by atoms with Crippen molar-refractivity contribution in [2.24, 2.45) is 5.92 Å². The zero-order valence-corrected chi connectivity index (χ0v) is 12.1. The first-order valence-corrected chi connectivity index (χ1v) is 7.17. The maximum atomic E-state index is 12.0. The van der Waals surface area contributed by atoms with Crippen LogP contribution in [-0.2, 0) is 9.59 Å². The van der Waals surface area contributed by atoms with Crippen LogP contribution in [0.15, 0.2) is 24.3 Å². The highest BCUT2D eigenvalue weighted by Crippen LogP contribution is 2.19. The number of aliphatic hydroxyl groups excluding tert-OH is 1. The number of nitrogens with zero attached hydrogens (tertiary/aromatic N) is 1. The normalized spacial score (nSPS) is 17.4. The Morgan fingerprint density at radius 2 is 2.14 bits per heavy atom. The van der Waals surface area contributed by atoms with Crippen LogP contribution in [0.2, 0.25) is 0 Å². The van der Waals surface area contributed by atoms with E-state index in [9.17, 15) is 9.59 Å². The molecule has 1 saturated heterocycles. The number of rotatable bonds is 6. The maximum Gasteiger partial charge on any atom is 0.229 e. The summed E-state index contributed by atoms with van der Waals surface area (Å²) in [5.41, 5.74) is 1.71. The van der Waals surface area contributed by atoms with Crippen molar-refractivity contribution in [2.45, 2.75) is 13.3 Å². The first-order valence-electron chi connectivity index (χ1n) is 7.17. The smallest absolute Gasteiger partial charge is 0.229 e. The summed E-state index contributed by atoms with van der Waals surface area (Å²) >= 11 is 0. The summed E-state index contributed by atoms with van der Waals surface area (Å²) in [7, 11) is 0. The topological polar surface area (TPSA) is 81.7 Å².